The van der Waals surface area contributed by atoms with Crippen molar-refractivity contribution in [2.24, 2.45) is 0 Å². The Morgan fingerprint density at radius 2 is 1.33 bits per heavy atom. The topological polar surface area (TPSA) is 84.9 Å². The Balaban J connectivity index is 1.70. The Labute approximate surface area is 230 Å². The van der Waals surface area contributed by atoms with E-state index in [1.807, 2.05) is 80.6 Å². The van der Waals surface area contributed by atoms with Gasteiger partial charge in [0.25, 0.3) is 10.0 Å². The van der Waals surface area contributed by atoms with Gasteiger partial charge in [0.2, 0.25) is 5.91 Å². The highest BCUT2D eigenvalue weighted by Crippen LogP contribution is 2.32. The first-order valence-electron chi connectivity index (χ1n) is 12.4. The summed E-state index contributed by atoms with van der Waals surface area (Å²) in [6.07, 6.45) is 0. The van der Waals surface area contributed by atoms with Crippen molar-refractivity contribution in [3.05, 3.63) is 119 Å². The minimum absolute atomic E-state index is 0.0216. The maximum Gasteiger partial charge on any atom is 0.264 e. The van der Waals surface area contributed by atoms with Crippen LogP contribution in [-0.2, 0) is 14.8 Å². The zero-order chi connectivity index (χ0) is 28.0. The van der Waals surface area contributed by atoms with Gasteiger partial charge in [-0.25, -0.2) is 8.42 Å². The average Bonchev–Trinajstić information content (AvgIpc) is 2.95. The summed E-state index contributed by atoms with van der Waals surface area (Å²) >= 11 is 0. The monoisotopic (exact) mass is 544 g/mol. The first-order valence-corrected chi connectivity index (χ1v) is 13.9. The number of benzene rings is 4. The van der Waals surface area contributed by atoms with E-state index in [2.05, 4.69) is 5.32 Å². The highest BCUT2D eigenvalue weighted by Gasteiger charge is 2.29. The molecule has 4 aromatic rings. The highest BCUT2D eigenvalue weighted by molar-refractivity contribution is 7.92. The van der Waals surface area contributed by atoms with Gasteiger partial charge in [0, 0.05) is 6.07 Å². The van der Waals surface area contributed by atoms with Crippen LogP contribution in [0.15, 0.2) is 102 Å². The molecule has 0 saturated carbocycles. The summed E-state index contributed by atoms with van der Waals surface area (Å²) in [4.78, 5) is 13.5. The van der Waals surface area contributed by atoms with Crippen molar-refractivity contribution in [3.63, 3.8) is 0 Å². The van der Waals surface area contributed by atoms with E-state index in [1.165, 1.54) is 32.4 Å². The lowest BCUT2D eigenvalue weighted by Crippen LogP contribution is -2.42. The molecule has 1 N–H and O–H groups in total. The molecule has 8 heteroatoms. The number of anilines is 1. The molecular formula is C31H32N2O5S. The molecule has 0 spiro atoms. The van der Waals surface area contributed by atoms with E-state index in [4.69, 9.17) is 9.47 Å². The SMILES string of the molecule is COc1ccc(S(=O)(=O)N(CC(=O)N[C@@H](c2ccccc2)c2ccc(C)cc2)c2ccc(C)cc2)cc1OC. The smallest absolute Gasteiger partial charge is 0.264 e. The number of methoxy groups -OCH3 is 2. The lowest BCUT2D eigenvalue weighted by atomic mass is 9.98. The van der Waals surface area contributed by atoms with E-state index in [0.717, 1.165) is 26.6 Å². The van der Waals surface area contributed by atoms with Crippen molar-refractivity contribution in [2.75, 3.05) is 25.1 Å². The molecule has 0 bridgehead atoms. The summed E-state index contributed by atoms with van der Waals surface area (Å²) in [7, 11) is -1.24. The van der Waals surface area contributed by atoms with Crippen molar-refractivity contribution >= 4 is 21.6 Å². The molecule has 202 valence electrons. The van der Waals surface area contributed by atoms with Crippen LogP contribution in [-0.4, -0.2) is 35.1 Å². The van der Waals surface area contributed by atoms with Crippen LogP contribution >= 0.6 is 0 Å². The van der Waals surface area contributed by atoms with E-state index in [9.17, 15) is 13.2 Å². The molecular weight excluding hydrogens is 512 g/mol. The van der Waals surface area contributed by atoms with E-state index < -0.39 is 28.5 Å². The summed E-state index contributed by atoms with van der Waals surface area (Å²) in [5.41, 5.74) is 4.22. The number of ether oxygens (including phenoxy) is 2. The number of sulfonamides is 1. The first-order chi connectivity index (χ1) is 18.7. The zero-order valence-electron chi connectivity index (χ0n) is 22.4. The summed E-state index contributed by atoms with van der Waals surface area (Å²) < 4.78 is 39.6. The largest absolute Gasteiger partial charge is 0.493 e. The lowest BCUT2D eigenvalue weighted by Gasteiger charge is -2.26. The van der Waals surface area contributed by atoms with Crippen molar-refractivity contribution in [1.82, 2.24) is 5.32 Å². The van der Waals surface area contributed by atoms with Crippen LogP contribution in [0.2, 0.25) is 0 Å². The number of aryl methyl sites for hydroxylation is 2. The molecule has 4 rings (SSSR count). The van der Waals surface area contributed by atoms with Crippen LogP contribution in [0.4, 0.5) is 5.69 Å². The van der Waals surface area contributed by atoms with Crippen molar-refractivity contribution in [3.8, 4) is 11.5 Å². The van der Waals surface area contributed by atoms with Crippen LogP contribution in [0.25, 0.3) is 0 Å². The summed E-state index contributed by atoms with van der Waals surface area (Å²) in [5, 5.41) is 3.06. The predicted octanol–water partition coefficient (Wildman–Crippen LogP) is 5.42. The summed E-state index contributed by atoms with van der Waals surface area (Å²) in [5.74, 6) is 0.226. The highest BCUT2D eigenvalue weighted by atomic mass is 32.2. The van der Waals surface area contributed by atoms with Crippen molar-refractivity contribution in [2.45, 2.75) is 24.8 Å². The molecule has 0 radical (unpaired) electrons. The quantitative estimate of drug-likeness (QED) is 0.288. The molecule has 0 fully saturated rings. The Bertz CT molecular complexity index is 1520. The van der Waals surface area contributed by atoms with Gasteiger partial charge >= 0.3 is 0 Å². The molecule has 7 nitrogen and oxygen atoms in total. The van der Waals surface area contributed by atoms with Gasteiger partial charge < -0.3 is 14.8 Å². The lowest BCUT2D eigenvalue weighted by molar-refractivity contribution is -0.120. The molecule has 0 aliphatic carbocycles. The van der Waals surface area contributed by atoms with Crippen LogP contribution in [0.3, 0.4) is 0 Å². The van der Waals surface area contributed by atoms with Gasteiger partial charge in [-0.15, -0.1) is 0 Å². The molecule has 39 heavy (non-hydrogen) atoms. The fourth-order valence-electron chi connectivity index (χ4n) is 4.23. The fraction of sp³-hybridized carbons (Fsp3) is 0.194. The third kappa shape index (κ3) is 6.41. The third-order valence-corrected chi connectivity index (χ3v) is 8.17. The van der Waals surface area contributed by atoms with Crippen LogP contribution < -0.4 is 19.1 Å². The Kier molecular flexibility index (Phi) is 8.56. The fourth-order valence-corrected chi connectivity index (χ4v) is 5.67. The number of carbonyl (C=O) groups excluding carboxylic acids is 1. The van der Waals surface area contributed by atoms with Crippen LogP contribution in [0.1, 0.15) is 28.3 Å². The number of hydrogen-bond donors (Lipinski definition) is 1. The molecule has 0 unspecified atom stereocenters. The molecule has 0 aliphatic rings. The second-order valence-electron chi connectivity index (χ2n) is 9.19. The molecule has 1 amide bonds. The number of amides is 1. The average molecular weight is 545 g/mol. The number of hydrogen-bond acceptors (Lipinski definition) is 5. The molecule has 0 aromatic heterocycles. The van der Waals surface area contributed by atoms with Crippen molar-refractivity contribution in [1.29, 1.82) is 0 Å². The van der Waals surface area contributed by atoms with E-state index in [1.54, 1.807) is 12.1 Å². The standard InChI is InChI=1S/C31H32N2O5S/c1-22-10-14-25(15-11-22)31(24-8-6-5-7-9-24)32-30(34)21-33(26-16-12-23(2)13-17-26)39(35,36)27-18-19-28(37-3)29(20-27)38-4/h5-20,31H,21H2,1-4H3,(H,32,34)/t31-/m0/s1. The molecule has 0 heterocycles. The second-order valence-corrected chi connectivity index (χ2v) is 11.0. The maximum atomic E-state index is 13.9. The second kappa shape index (κ2) is 12.0. The number of nitrogens with zero attached hydrogens (tertiary/aromatic N) is 1. The van der Waals surface area contributed by atoms with Crippen LogP contribution in [0, 0.1) is 13.8 Å². The van der Waals surface area contributed by atoms with E-state index in [0.29, 0.717) is 11.4 Å². The number of rotatable bonds is 10. The van der Waals surface area contributed by atoms with Gasteiger partial charge in [-0.1, -0.05) is 77.9 Å². The zero-order valence-corrected chi connectivity index (χ0v) is 23.2. The minimum atomic E-state index is -4.15. The minimum Gasteiger partial charge on any atom is -0.493 e. The molecule has 4 aromatic carbocycles. The normalized spacial score (nSPS) is 11.9. The Morgan fingerprint density at radius 3 is 1.92 bits per heavy atom. The van der Waals surface area contributed by atoms with Crippen molar-refractivity contribution < 1.29 is 22.7 Å². The third-order valence-electron chi connectivity index (χ3n) is 6.40. The summed E-state index contributed by atoms with van der Waals surface area (Å²) in [6, 6.07) is 28.4. The Hall–Kier alpha value is -4.30. The van der Waals surface area contributed by atoms with Gasteiger partial charge in [0.1, 0.15) is 6.54 Å². The van der Waals surface area contributed by atoms with Crippen LogP contribution in [0.5, 0.6) is 11.5 Å². The first kappa shape index (κ1) is 27.7. The molecule has 1 atom stereocenters. The molecule has 0 saturated heterocycles. The maximum absolute atomic E-state index is 13.9. The number of carbonyl (C=O) groups is 1. The van der Waals surface area contributed by atoms with E-state index in [-0.39, 0.29) is 10.6 Å². The van der Waals surface area contributed by atoms with Gasteiger partial charge in [-0.2, -0.15) is 0 Å². The Morgan fingerprint density at radius 1 is 0.769 bits per heavy atom. The van der Waals surface area contributed by atoms with Gasteiger partial charge in [-0.3, -0.25) is 9.10 Å². The van der Waals surface area contributed by atoms with Gasteiger partial charge in [0.05, 0.1) is 30.8 Å². The van der Waals surface area contributed by atoms with E-state index >= 15 is 0 Å². The number of nitrogens with one attached hydrogen (secondary N) is 1. The summed E-state index contributed by atoms with van der Waals surface area (Å²) in [6.45, 7) is 3.49. The molecule has 0 aliphatic heterocycles. The predicted molar refractivity (Wildman–Crippen MR) is 153 cm³/mol. The van der Waals surface area contributed by atoms with Gasteiger partial charge in [0.15, 0.2) is 11.5 Å². The van der Waals surface area contributed by atoms with Gasteiger partial charge in [-0.05, 0) is 49.2 Å².